The first-order chi connectivity index (χ1) is 29.2. The fourth-order valence-electron chi connectivity index (χ4n) is 8.96. The molecule has 10 aromatic carbocycles. The molecule has 0 aliphatic carbocycles. The SMILES string of the molecule is c1ccc(-c2ccc(N(c3ccc(-c4ccc5c(ccc6ccccc65)c4)cc3)c3ccc(-c4cccc5c4sc4c5ccc5sc6ccccc6c54)cc3)cc2)cc1. The van der Waals surface area contributed by atoms with Crippen LogP contribution in [-0.4, -0.2) is 0 Å². The Bertz CT molecular complexity index is 3520. The number of nitrogens with zero attached hydrogens (tertiary/aromatic N) is 1. The topological polar surface area (TPSA) is 3.24 Å². The first-order valence-corrected chi connectivity index (χ1v) is 21.7. The van der Waals surface area contributed by atoms with Crippen molar-refractivity contribution in [3.8, 4) is 33.4 Å². The molecule has 0 saturated carbocycles. The van der Waals surface area contributed by atoms with Gasteiger partial charge in [0, 0.05) is 57.4 Å². The van der Waals surface area contributed by atoms with Crippen LogP contribution in [0.15, 0.2) is 212 Å². The smallest absolute Gasteiger partial charge is 0.0462 e. The van der Waals surface area contributed by atoms with Gasteiger partial charge in [0.15, 0.2) is 0 Å². The van der Waals surface area contributed by atoms with E-state index < -0.39 is 0 Å². The second kappa shape index (κ2) is 13.8. The minimum absolute atomic E-state index is 1.11. The molecule has 0 spiro atoms. The van der Waals surface area contributed by atoms with Gasteiger partial charge in [-0.1, -0.05) is 158 Å². The van der Waals surface area contributed by atoms with Crippen molar-refractivity contribution in [2.24, 2.45) is 0 Å². The molecule has 2 heterocycles. The molecular formula is C56H35NS2. The van der Waals surface area contributed by atoms with Crippen LogP contribution in [0.3, 0.4) is 0 Å². The Labute approximate surface area is 350 Å². The number of anilines is 3. The van der Waals surface area contributed by atoms with Gasteiger partial charge >= 0.3 is 0 Å². The Balaban J connectivity index is 0.935. The summed E-state index contributed by atoms with van der Waals surface area (Å²) in [5.41, 5.74) is 10.7. The maximum Gasteiger partial charge on any atom is 0.0462 e. The van der Waals surface area contributed by atoms with Crippen molar-refractivity contribution < 1.29 is 0 Å². The van der Waals surface area contributed by atoms with Crippen molar-refractivity contribution in [2.75, 3.05) is 4.90 Å². The molecule has 0 unspecified atom stereocenters. The molecule has 0 aliphatic heterocycles. The molecule has 0 atom stereocenters. The zero-order chi connectivity index (χ0) is 38.9. The fourth-order valence-corrected chi connectivity index (χ4v) is 11.5. The summed E-state index contributed by atoms with van der Waals surface area (Å²) in [6.45, 7) is 0. The van der Waals surface area contributed by atoms with Crippen molar-refractivity contribution in [2.45, 2.75) is 0 Å². The summed E-state index contributed by atoms with van der Waals surface area (Å²) in [6, 6.07) is 77.9. The maximum absolute atomic E-state index is 2.37. The van der Waals surface area contributed by atoms with E-state index in [1.807, 2.05) is 22.7 Å². The van der Waals surface area contributed by atoms with Crippen molar-refractivity contribution >= 4 is 102 Å². The molecule has 59 heavy (non-hydrogen) atoms. The third kappa shape index (κ3) is 5.73. The Morgan fingerprint density at radius 1 is 0.288 bits per heavy atom. The number of hydrogen-bond donors (Lipinski definition) is 0. The summed E-state index contributed by atoms with van der Waals surface area (Å²) >= 11 is 3.82. The third-order valence-corrected chi connectivity index (χ3v) is 14.3. The van der Waals surface area contributed by atoms with Gasteiger partial charge in [0.2, 0.25) is 0 Å². The summed E-state index contributed by atoms with van der Waals surface area (Å²) < 4.78 is 5.42. The molecule has 0 radical (unpaired) electrons. The molecule has 1 nitrogen and oxygen atoms in total. The average Bonchev–Trinajstić information content (AvgIpc) is 3.89. The van der Waals surface area contributed by atoms with Crippen LogP contribution < -0.4 is 4.90 Å². The first kappa shape index (κ1) is 34.0. The highest BCUT2D eigenvalue weighted by Gasteiger charge is 2.18. The molecule has 12 aromatic rings. The molecule has 0 saturated heterocycles. The van der Waals surface area contributed by atoms with Crippen LogP contribution in [-0.2, 0) is 0 Å². The van der Waals surface area contributed by atoms with Crippen LogP contribution in [0.25, 0.3) is 95.3 Å². The van der Waals surface area contributed by atoms with Crippen LogP contribution in [0, 0.1) is 0 Å². The summed E-state index contributed by atoms with van der Waals surface area (Å²) in [5.74, 6) is 0. The van der Waals surface area contributed by atoms with Gasteiger partial charge in [-0.05, 0) is 110 Å². The fraction of sp³-hybridized carbons (Fsp3) is 0. The third-order valence-electron chi connectivity index (χ3n) is 11.9. The maximum atomic E-state index is 2.37. The van der Waals surface area contributed by atoms with Gasteiger partial charge in [0.1, 0.15) is 0 Å². The van der Waals surface area contributed by atoms with Gasteiger partial charge in [0.25, 0.3) is 0 Å². The van der Waals surface area contributed by atoms with Crippen LogP contribution in [0.2, 0.25) is 0 Å². The van der Waals surface area contributed by atoms with Gasteiger partial charge in [0.05, 0.1) is 0 Å². The van der Waals surface area contributed by atoms with Gasteiger partial charge < -0.3 is 4.90 Å². The summed E-state index contributed by atoms with van der Waals surface area (Å²) in [4.78, 5) is 2.37. The molecule has 0 fully saturated rings. The van der Waals surface area contributed by atoms with E-state index in [0.29, 0.717) is 0 Å². The first-order valence-electron chi connectivity index (χ1n) is 20.1. The van der Waals surface area contributed by atoms with E-state index in [2.05, 4.69) is 217 Å². The van der Waals surface area contributed by atoms with Crippen molar-refractivity contribution in [3.05, 3.63) is 212 Å². The largest absolute Gasteiger partial charge is 0.311 e. The molecule has 3 heteroatoms. The highest BCUT2D eigenvalue weighted by Crippen LogP contribution is 2.47. The molecule has 0 amide bonds. The minimum Gasteiger partial charge on any atom is -0.311 e. The van der Waals surface area contributed by atoms with Gasteiger partial charge in [-0.3, -0.25) is 0 Å². The van der Waals surface area contributed by atoms with E-state index in [1.54, 1.807) is 0 Å². The van der Waals surface area contributed by atoms with E-state index in [4.69, 9.17) is 0 Å². The monoisotopic (exact) mass is 785 g/mol. The van der Waals surface area contributed by atoms with Crippen LogP contribution in [0.5, 0.6) is 0 Å². The normalized spacial score (nSPS) is 11.7. The average molecular weight is 786 g/mol. The van der Waals surface area contributed by atoms with E-state index in [9.17, 15) is 0 Å². The van der Waals surface area contributed by atoms with Crippen LogP contribution in [0.1, 0.15) is 0 Å². The Kier molecular flexibility index (Phi) is 7.97. The second-order valence-electron chi connectivity index (χ2n) is 15.3. The predicted molar refractivity (Wildman–Crippen MR) is 258 cm³/mol. The van der Waals surface area contributed by atoms with Crippen LogP contribution in [0.4, 0.5) is 17.1 Å². The quantitative estimate of drug-likeness (QED) is 0.152. The van der Waals surface area contributed by atoms with Crippen molar-refractivity contribution in [3.63, 3.8) is 0 Å². The zero-order valence-electron chi connectivity index (χ0n) is 32.0. The molecule has 0 aliphatic rings. The summed E-state index contributed by atoms with van der Waals surface area (Å²) in [5, 5.41) is 10.5. The minimum atomic E-state index is 1.11. The van der Waals surface area contributed by atoms with Gasteiger partial charge in [-0.2, -0.15) is 0 Å². The Hall–Kier alpha value is -7.04. The van der Waals surface area contributed by atoms with E-state index in [-0.39, 0.29) is 0 Å². The number of hydrogen-bond acceptors (Lipinski definition) is 3. The molecule has 0 N–H and O–H groups in total. The lowest BCUT2D eigenvalue weighted by atomic mass is 9.97. The summed E-state index contributed by atoms with van der Waals surface area (Å²) in [6.07, 6.45) is 0. The Morgan fingerprint density at radius 3 is 1.59 bits per heavy atom. The zero-order valence-corrected chi connectivity index (χ0v) is 33.6. The number of rotatable bonds is 6. The molecule has 0 bridgehead atoms. The van der Waals surface area contributed by atoms with Crippen molar-refractivity contribution in [1.82, 2.24) is 0 Å². The van der Waals surface area contributed by atoms with Crippen LogP contribution >= 0.6 is 22.7 Å². The number of fused-ring (bicyclic) bond motifs is 10. The highest BCUT2D eigenvalue weighted by atomic mass is 32.1. The lowest BCUT2D eigenvalue weighted by Crippen LogP contribution is -2.09. The number of thiophene rings is 2. The lowest BCUT2D eigenvalue weighted by Gasteiger charge is -2.26. The highest BCUT2D eigenvalue weighted by molar-refractivity contribution is 7.30. The van der Waals surface area contributed by atoms with Gasteiger partial charge in [-0.15, -0.1) is 22.7 Å². The standard InChI is InChI=1S/C56H35NS2/c1-2-9-36(10-3-1)37-19-26-43(27-20-37)57(44-28-21-38(22-29-44)41-25-32-47-42(35-41)18-17-39-11-4-5-12-46(39)47)45-30-23-40(24-31-45)48-14-8-15-49-50-33-34-53-54(56(50)59-55(48)49)51-13-6-7-16-52(51)58-53/h1-35H. The Morgan fingerprint density at radius 2 is 0.831 bits per heavy atom. The molecular weight excluding hydrogens is 751 g/mol. The van der Waals surface area contributed by atoms with E-state index in [0.717, 1.165) is 17.1 Å². The molecule has 276 valence electrons. The van der Waals surface area contributed by atoms with Crippen molar-refractivity contribution in [1.29, 1.82) is 0 Å². The number of benzene rings is 10. The predicted octanol–water partition coefficient (Wildman–Crippen LogP) is 17.2. The van der Waals surface area contributed by atoms with E-state index >= 15 is 0 Å². The lowest BCUT2D eigenvalue weighted by molar-refractivity contribution is 1.28. The van der Waals surface area contributed by atoms with Gasteiger partial charge in [-0.25, -0.2) is 0 Å². The molecule has 12 rings (SSSR count). The summed E-state index contributed by atoms with van der Waals surface area (Å²) in [7, 11) is 0. The second-order valence-corrected chi connectivity index (χ2v) is 17.4. The molecule has 2 aromatic heterocycles. The van der Waals surface area contributed by atoms with E-state index in [1.165, 1.54) is 95.3 Å².